The van der Waals surface area contributed by atoms with Crippen LogP contribution in [0.3, 0.4) is 0 Å². The Morgan fingerprint density at radius 2 is 2.27 bits per heavy atom. The average molecular weight is 289 g/mol. The fourth-order valence-electron chi connectivity index (χ4n) is 1.69. The monoisotopic (exact) mass is 287 g/mol. The summed E-state index contributed by atoms with van der Waals surface area (Å²) in [4.78, 5) is 0. The van der Waals surface area contributed by atoms with E-state index < -0.39 is 0 Å². The van der Waals surface area contributed by atoms with Gasteiger partial charge in [0.2, 0.25) is 0 Å². The highest BCUT2D eigenvalue weighted by Crippen LogP contribution is 2.32. The molecule has 82 valence electrons. The molecular formula is C12H15BrClN. The Kier molecular flexibility index (Phi) is 3.70. The SMILES string of the molecule is CC(NCc1ccc(Br)c(Cl)c1)C1CC1. The van der Waals surface area contributed by atoms with Crippen LogP contribution in [0.2, 0.25) is 5.02 Å². The van der Waals surface area contributed by atoms with Gasteiger partial charge in [-0.1, -0.05) is 17.7 Å². The molecule has 15 heavy (non-hydrogen) atoms. The maximum Gasteiger partial charge on any atom is 0.0551 e. The highest BCUT2D eigenvalue weighted by molar-refractivity contribution is 9.10. The Labute approximate surface area is 104 Å². The van der Waals surface area contributed by atoms with Crippen LogP contribution < -0.4 is 5.32 Å². The zero-order valence-electron chi connectivity index (χ0n) is 8.76. The molecule has 0 heterocycles. The zero-order valence-corrected chi connectivity index (χ0v) is 11.1. The fraction of sp³-hybridized carbons (Fsp3) is 0.500. The Hall–Kier alpha value is -0.0500. The second kappa shape index (κ2) is 4.86. The van der Waals surface area contributed by atoms with Crippen molar-refractivity contribution in [2.75, 3.05) is 0 Å². The summed E-state index contributed by atoms with van der Waals surface area (Å²) in [6.07, 6.45) is 2.77. The molecule has 1 atom stereocenters. The molecule has 0 radical (unpaired) electrons. The first-order valence-electron chi connectivity index (χ1n) is 5.34. The number of halogens is 2. The van der Waals surface area contributed by atoms with E-state index in [1.54, 1.807) is 0 Å². The van der Waals surface area contributed by atoms with E-state index in [2.05, 4.69) is 34.2 Å². The minimum absolute atomic E-state index is 0.632. The first-order chi connectivity index (χ1) is 7.16. The molecule has 1 N–H and O–H groups in total. The third kappa shape index (κ3) is 3.20. The Morgan fingerprint density at radius 3 is 2.87 bits per heavy atom. The smallest absolute Gasteiger partial charge is 0.0551 e. The molecule has 0 amide bonds. The summed E-state index contributed by atoms with van der Waals surface area (Å²) < 4.78 is 0.961. The normalized spacial score (nSPS) is 17.8. The Bertz CT molecular complexity index is 349. The van der Waals surface area contributed by atoms with Crippen LogP contribution >= 0.6 is 27.5 Å². The summed E-state index contributed by atoms with van der Waals surface area (Å²) in [7, 11) is 0. The molecule has 0 bridgehead atoms. The lowest BCUT2D eigenvalue weighted by molar-refractivity contribution is 0.496. The van der Waals surface area contributed by atoms with Gasteiger partial charge in [-0.25, -0.2) is 0 Å². The summed E-state index contributed by atoms with van der Waals surface area (Å²) in [5.74, 6) is 0.899. The number of benzene rings is 1. The fourth-order valence-corrected chi connectivity index (χ4v) is 2.14. The van der Waals surface area contributed by atoms with Gasteiger partial charge in [0, 0.05) is 17.1 Å². The molecule has 0 spiro atoms. The molecule has 1 fully saturated rings. The maximum absolute atomic E-state index is 6.03. The van der Waals surface area contributed by atoms with Gasteiger partial charge in [-0.2, -0.15) is 0 Å². The van der Waals surface area contributed by atoms with Gasteiger partial charge in [0.1, 0.15) is 0 Å². The van der Waals surface area contributed by atoms with E-state index in [4.69, 9.17) is 11.6 Å². The van der Waals surface area contributed by atoms with E-state index in [0.29, 0.717) is 6.04 Å². The van der Waals surface area contributed by atoms with Crippen molar-refractivity contribution in [1.29, 1.82) is 0 Å². The molecule has 1 unspecified atom stereocenters. The second-order valence-corrected chi connectivity index (χ2v) is 5.52. The van der Waals surface area contributed by atoms with Crippen LogP contribution in [0.1, 0.15) is 25.3 Å². The van der Waals surface area contributed by atoms with E-state index in [9.17, 15) is 0 Å². The summed E-state index contributed by atoms with van der Waals surface area (Å²) in [6.45, 7) is 3.17. The molecule has 3 heteroatoms. The van der Waals surface area contributed by atoms with E-state index >= 15 is 0 Å². The van der Waals surface area contributed by atoms with Crippen LogP contribution in [0.15, 0.2) is 22.7 Å². The number of hydrogen-bond acceptors (Lipinski definition) is 1. The van der Waals surface area contributed by atoms with Crippen LogP contribution in [-0.4, -0.2) is 6.04 Å². The van der Waals surface area contributed by atoms with Gasteiger partial charge >= 0.3 is 0 Å². The highest BCUT2D eigenvalue weighted by atomic mass is 79.9. The first kappa shape index (κ1) is 11.4. The van der Waals surface area contributed by atoms with Crippen molar-refractivity contribution >= 4 is 27.5 Å². The average Bonchev–Trinajstić information content (AvgIpc) is 3.03. The van der Waals surface area contributed by atoms with Crippen LogP contribution in [0, 0.1) is 5.92 Å². The lowest BCUT2D eigenvalue weighted by Gasteiger charge is -2.12. The third-order valence-electron chi connectivity index (χ3n) is 2.94. The maximum atomic E-state index is 6.03. The molecule has 1 saturated carbocycles. The van der Waals surface area contributed by atoms with Gasteiger partial charge in [0.25, 0.3) is 0 Å². The minimum atomic E-state index is 0.632. The summed E-state index contributed by atoms with van der Waals surface area (Å²) in [5.41, 5.74) is 1.25. The van der Waals surface area contributed by atoms with Crippen molar-refractivity contribution < 1.29 is 0 Å². The lowest BCUT2D eigenvalue weighted by atomic mass is 10.2. The van der Waals surface area contributed by atoms with Crippen molar-refractivity contribution in [3.05, 3.63) is 33.3 Å². The molecule has 1 aromatic rings. The molecular weight excluding hydrogens is 273 g/mol. The topological polar surface area (TPSA) is 12.0 Å². The predicted octanol–water partition coefficient (Wildman–Crippen LogP) is 3.99. The first-order valence-corrected chi connectivity index (χ1v) is 6.51. The molecule has 0 aromatic heterocycles. The quantitative estimate of drug-likeness (QED) is 0.883. The van der Waals surface area contributed by atoms with E-state index in [0.717, 1.165) is 22.0 Å². The van der Waals surface area contributed by atoms with Gasteiger partial charge in [-0.05, 0) is 59.3 Å². The van der Waals surface area contributed by atoms with E-state index in [1.807, 2.05) is 12.1 Å². The Balaban J connectivity index is 1.89. The third-order valence-corrected chi connectivity index (χ3v) is 4.17. The van der Waals surface area contributed by atoms with Gasteiger partial charge in [0.15, 0.2) is 0 Å². The number of rotatable bonds is 4. The molecule has 0 saturated heterocycles. The van der Waals surface area contributed by atoms with Crippen LogP contribution in [0.5, 0.6) is 0 Å². The van der Waals surface area contributed by atoms with Crippen molar-refractivity contribution in [1.82, 2.24) is 5.32 Å². The van der Waals surface area contributed by atoms with E-state index in [1.165, 1.54) is 18.4 Å². The standard InChI is InChI=1S/C12H15BrClN/c1-8(10-3-4-10)15-7-9-2-5-11(13)12(14)6-9/h2,5-6,8,10,15H,3-4,7H2,1H3. The molecule has 1 aliphatic carbocycles. The van der Waals surface area contributed by atoms with Gasteiger partial charge in [-0.15, -0.1) is 0 Å². The van der Waals surface area contributed by atoms with Crippen LogP contribution in [0.4, 0.5) is 0 Å². The molecule has 1 aliphatic rings. The van der Waals surface area contributed by atoms with Crippen LogP contribution in [0.25, 0.3) is 0 Å². The predicted molar refractivity (Wildman–Crippen MR) is 68.2 cm³/mol. The summed E-state index contributed by atoms with van der Waals surface area (Å²) in [5, 5.41) is 4.32. The van der Waals surface area contributed by atoms with Gasteiger partial charge in [0.05, 0.1) is 5.02 Å². The van der Waals surface area contributed by atoms with Crippen molar-refractivity contribution in [3.63, 3.8) is 0 Å². The van der Waals surface area contributed by atoms with Crippen LogP contribution in [-0.2, 0) is 6.54 Å². The number of nitrogens with one attached hydrogen (secondary N) is 1. The molecule has 1 aromatic carbocycles. The van der Waals surface area contributed by atoms with E-state index in [-0.39, 0.29) is 0 Å². The minimum Gasteiger partial charge on any atom is -0.310 e. The van der Waals surface area contributed by atoms with Gasteiger partial charge in [-0.3, -0.25) is 0 Å². The van der Waals surface area contributed by atoms with Crippen molar-refractivity contribution in [2.24, 2.45) is 5.92 Å². The summed E-state index contributed by atoms with van der Waals surface area (Å²) in [6, 6.07) is 6.74. The zero-order chi connectivity index (χ0) is 10.8. The largest absolute Gasteiger partial charge is 0.310 e. The van der Waals surface area contributed by atoms with Crippen molar-refractivity contribution in [2.45, 2.75) is 32.4 Å². The Morgan fingerprint density at radius 1 is 1.53 bits per heavy atom. The molecule has 1 nitrogen and oxygen atoms in total. The lowest BCUT2D eigenvalue weighted by Crippen LogP contribution is -2.27. The highest BCUT2D eigenvalue weighted by Gasteiger charge is 2.27. The number of hydrogen-bond donors (Lipinski definition) is 1. The molecule has 0 aliphatic heterocycles. The second-order valence-electron chi connectivity index (χ2n) is 4.26. The van der Waals surface area contributed by atoms with Gasteiger partial charge < -0.3 is 5.32 Å². The molecule has 2 rings (SSSR count). The summed E-state index contributed by atoms with van der Waals surface area (Å²) >= 11 is 9.42. The van der Waals surface area contributed by atoms with Crippen molar-refractivity contribution in [3.8, 4) is 0 Å².